The fourth-order valence-corrected chi connectivity index (χ4v) is 9.71. The topological polar surface area (TPSA) is 152 Å². The molecule has 10 nitrogen and oxygen atoms in total. The minimum Gasteiger partial charge on any atom is -0.467 e. The van der Waals surface area contributed by atoms with Gasteiger partial charge in [0, 0.05) is 41.8 Å². The maximum Gasteiger partial charge on any atom is 0.328 e. The van der Waals surface area contributed by atoms with Gasteiger partial charge in [0.2, 0.25) is 11.7 Å². The molecule has 0 unspecified atom stereocenters. The summed E-state index contributed by atoms with van der Waals surface area (Å²) >= 11 is 0. The number of aromatic amines is 1. The molecule has 7 atom stereocenters. The summed E-state index contributed by atoms with van der Waals surface area (Å²) < 4.78 is 10.2. The predicted molar refractivity (Wildman–Crippen MR) is 173 cm³/mol. The number of benzene rings is 1. The summed E-state index contributed by atoms with van der Waals surface area (Å²) in [5.41, 5.74) is 0.819. The van der Waals surface area contributed by atoms with E-state index in [0.29, 0.717) is 31.1 Å². The highest BCUT2D eigenvalue weighted by Gasteiger charge is 2.66. The number of esters is 2. The highest BCUT2D eigenvalue weighted by molar-refractivity contribution is 5.93. The second kappa shape index (κ2) is 12.7. The Morgan fingerprint density at radius 1 is 1.02 bits per heavy atom. The van der Waals surface area contributed by atoms with Crippen LogP contribution in [0.2, 0.25) is 0 Å². The summed E-state index contributed by atoms with van der Waals surface area (Å²) in [7, 11) is 1.25. The normalized spacial score (nSPS) is 32.0. The molecule has 1 aromatic heterocycles. The molecule has 0 bridgehead atoms. The van der Waals surface area contributed by atoms with Crippen LogP contribution in [0.25, 0.3) is 10.9 Å². The molecule has 4 aliphatic carbocycles. The summed E-state index contributed by atoms with van der Waals surface area (Å²) in [4.78, 5) is 66.7. The molecule has 1 heterocycles. The molecular weight excluding hydrogens is 600 g/mol. The number of hydrogen-bond donors (Lipinski definition) is 3. The van der Waals surface area contributed by atoms with E-state index in [1.165, 1.54) is 12.7 Å². The zero-order valence-corrected chi connectivity index (χ0v) is 27.6. The van der Waals surface area contributed by atoms with E-state index < -0.39 is 47.3 Å². The fraction of sp³-hybridized carbons (Fsp3) is 0.595. The van der Waals surface area contributed by atoms with E-state index in [-0.39, 0.29) is 36.4 Å². The van der Waals surface area contributed by atoms with E-state index in [9.17, 15) is 29.1 Å². The van der Waals surface area contributed by atoms with E-state index >= 15 is 0 Å². The second-order valence-corrected chi connectivity index (χ2v) is 14.6. The molecule has 3 N–H and O–H groups in total. The van der Waals surface area contributed by atoms with Crippen LogP contribution in [-0.4, -0.2) is 64.9 Å². The average molecular weight is 647 g/mol. The van der Waals surface area contributed by atoms with E-state index in [1.54, 1.807) is 6.20 Å². The van der Waals surface area contributed by atoms with Crippen molar-refractivity contribution in [1.29, 1.82) is 0 Å². The number of ether oxygens (including phenoxy) is 2. The standard InChI is InChI=1S/C37H46N2O8/c1-35-15-12-24(40)19-23(35)8-9-26-27(35)13-16-36(2)28(26)14-17-37(36,45)31(41)21-47-33(43)11-10-32(42)39-30(34(44)46-3)18-22-20-38-29-7-5-4-6-25(22)29/h4-7,19-20,26-28,30,38,45H,8-18,21H2,1-3H3,(H,39,42)/t26-,27+,28+,30-,35+,36+,37+/m1/s1. The van der Waals surface area contributed by atoms with Gasteiger partial charge in [-0.3, -0.25) is 19.2 Å². The number of H-pyrrole nitrogens is 1. The first-order valence-electron chi connectivity index (χ1n) is 17.0. The molecule has 10 heteroatoms. The van der Waals surface area contributed by atoms with Crippen molar-refractivity contribution < 1.29 is 38.6 Å². The lowest BCUT2D eigenvalue weighted by atomic mass is 9.46. The Morgan fingerprint density at radius 3 is 2.57 bits per heavy atom. The van der Waals surface area contributed by atoms with E-state index in [4.69, 9.17) is 9.47 Å². The van der Waals surface area contributed by atoms with E-state index in [2.05, 4.69) is 17.2 Å². The third-order valence-electron chi connectivity index (χ3n) is 12.4. The van der Waals surface area contributed by atoms with Crippen LogP contribution >= 0.6 is 0 Å². The van der Waals surface area contributed by atoms with Gasteiger partial charge in [-0.15, -0.1) is 0 Å². The molecule has 1 amide bonds. The van der Waals surface area contributed by atoms with Crippen molar-refractivity contribution >= 4 is 40.3 Å². The van der Waals surface area contributed by atoms with Crippen LogP contribution in [0.15, 0.2) is 42.1 Å². The second-order valence-electron chi connectivity index (χ2n) is 14.6. The fourth-order valence-electron chi connectivity index (χ4n) is 9.71. The van der Waals surface area contributed by atoms with Crippen molar-refractivity contribution in [2.75, 3.05) is 13.7 Å². The number of carbonyl (C=O) groups excluding carboxylic acids is 5. The number of aliphatic hydroxyl groups is 1. The van der Waals surface area contributed by atoms with Gasteiger partial charge in [-0.1, -0.05) is 37.6 Å². The first-order chi connectivity index (χ1) is 22.4. The molecule has 6 rings (SSSR count). The SMILES string of the molecule is COC(=O)[C@@H](Cc1c[nH]c2ccccc12)NC(=O)CCC(=O)OCC(=O)[C@@]1(O)CC[C@H]2[C@@H]3CCC4=CC(=O)CC[C@]4(C)[C@H]3CC[C@@]21C. The molecule has 0 spiro atoms. The number of para-hydroxylation sites is 1. The minimum atomic E-state index is -1.59. The maximum absolute atomic E-state index is 13.5. The third-order valence-corrected chi connectivity index (χ3v) is 12.4. The van der Waals surface area contributed by atoms with Gasteiger partial charge in [-0.2, -0.15) is 0 Å². The number of allylic oxidation sites excluding steroid dienone is 1. The van der Waals surface area contributed by atoms with Crippen LogP contribution in [0.5, 0.6) is 0 Å². The van der Waals surface area contributed by atoms with Crippen molar-refractivity contribution in [3.8, 4) is 0 Å². The van der Waals surface area contributed by atoms with Gasteiger partial charge in [0.1, 0.15) is 11.6 Å². The Hall–Kier alpha value is -3.79. The number of Topliss-reactive ketones (excluding diaryl/α,β-unsaturated/α-hetero) is 1. The first kappa shape index (κ1) is 33.1. The molecular formula is C37H46N2O8. The maximum atomic E-state index is 13.5. The van der Waals surface area contributed by atoms with Crippen LogP contribution in [0.3, 0.4) is 0 Å². The van der Waals surface area contributed by atoms with E-state index in [0.717, 1.165) is 48.6 Å². The number of carbonyl (C=O) groups is 5. The molecule has 0 radical (unpaired) electrons. The summed E-state index contributed by atoms with van der Waals surface area (Å²) in [5, 5.41) is 15.5. The Kier molecular flexibility index (Phi) is 8.93. The Bertz CT molecular complexity index is 1630. The van der Waals surface area contributed by atoms with Crippen LogP contribution in [0.1, 0.15) is 83.6 Å². The lowest BCUT2D eigenvalue weighted by molar-refractivity contribution is -0.170. The largest absolute Gasteiger partial charge is 0.467 e. The number of ketones is 2. The Morgan fingerprint density at radius 2 is 1.79 bits per heavy atom. The summed E-state index contributed by atoms with van der Waals surface area (Å²) in [5.74, 6) is -1.14. The highest BCUT2D eigenvalue weighted by atomic mass is 16.5. The van der Waals surface area contributed by atoms with Crippen LogP contribution < -0.4 is 5.32 Å². The van der Waals surface area contributed by atoms with Gasteiger partial charge in [-0.25, -0.2) is 4.79 Å². The predicted octanol–water partition coefficient (Wildman–Crippen LogP) is 4.52. The quantitative estimate of drug-likeness (QED) is 0.319. The monoisotopic (exact) mass is 646 g/mol. The van der Waals surface area contributed by atoms with Gasteiger partial charge < -0.3 is 24.9 Å². The molecule has 0 saturated heterocycles. The average Bonchev–Trinajstić information content (AvgIpc) is 3.60. The lowest BCUT2D eigenvalue weighted by Gasteiger charge is -2.58. The van der Waals surface area contributed by atoms with Gasteiger partial charge in [0.15, 0.2) is 12.4 Å². The van der Waals surface area contributed by atoms with Crippen LogP contribution in [0.4, 0.5) is 0 Å². The van der Waals surface area contributed by atoms with Crippen molar-refractivity contribution in [3.05, 3.63) is 47.7 Å². The summed E-state index contributed by atoms with van der Waals surface area (Å²) in [6, 6.07) is 6.68. The van der Waals surface area contributed by atoms with Gasteiger partial charge in [-0.05, 0) is 85.8 Å². The lowest BCUT2D eigenvalue weighted by Crippen LogP contribution is -2.58. The zero-order valence-electron chi connectivity index (χ0n) is 27.6. The molecule has 252 valence electrons. The van der Waals surface area contributed by atoms with Crippen molar-refractivity contribution in [2.24, 2.45) is 28.6 Å². The Balaban J connectivity index is 1.02. The number of methoxy groups -OCH3 is 1. The molecule has 0 aliphatic heterocycles. The number of amides is 1. The minimum absolute atomic E-state index is 0.00200. The van der Waals surface area contributed by atoms with Crippen LogP contribution in [-0.2, 0) is 39.9 Å². The van der Waals surface area contributed by atoms with Crippen molar-refractivity contribution in [3.63, 3.8) is 0 Å². The van der Waals surface area contributed by atoms with Gasteiger partial charge in [0.25, 0.3) is 0 Å². The molecule has 3 fully saturated rings. The number of nitrogens with one attached hydrogen (secondary N) is 2. The number of rotatable bonds is 10. The number of hydrogen-bond acceptors (Lipinski definition) is 8. The van der Waals surface area contributed by atoms with Gasteiger partial charge >= 0.3 is 11.9 Å². The summed E-state index contributed by atoms with van der Waals surface area (Å²) in [6.45, 7) is 3.78. The van der Waals surface area contributed by atoms with Crippen LogP contribution in [0, 0.1) is 28.6 Å². The molecule has 4 aliphatic rings. The highest BCUT2D eigenvalue weighted by Crippen LogP contribution is 2.67. The zero-order chi connectivity index (χ0) is 33.6. The molecule has 2 aromatic rings. The molecule has 3 saturated carbocycles. The van der Waals surface area contributed by atoms with E-state index in [1.807, 2.05) is 37.3 Å². The van der Waals surface area contributed by atoms with Crippen molar-refractivity contribution in [2.45, 2.75) is 96.1 Å². The molecule has 1 aromatic carbocycles. The van der Waals surface area contributed by atoms with Crippen molar-refractivity contribution in [1.82, 2.24) is 10.3 Å². The Labute approximate surface area is 275 Å². The number of aromatic nitrogens is 1. The van der Waals surface area contributed by atoms with Gasteiger partial charge in [0.05, 0.1) is 13.5 Å². The molecule has 47 heavy (non-hydrogen) atoms. The number of fused-ring (bicyclic) bond motifs is 6. The first-order valence-corrected chi connectivity index (χ1v) is 17.0. The summed E-state index contributed by atoms with van der Waals surface area (Å²) in [6.07, 6.45) is 9.31. The smallest absolute Gasteiger partial charge is 0.328 e. The third kappa shape index (κ3) is 5.83.